The SMILES string of the molecule is COc1ncc(Cl)c(NC2(CC(=O)O)CCC2)n1. The van der Waals surface area contributed by atoms with Gasteiger partial charge in [-0.3, -0.25) is 4.79 Å². The number of methoxy groups -OCH3 is 1. The van der Waals surface area contributed by atoms with Gasteiger partial charge in [0.15, 0.2) is 5.82 Å². The van der Waals surface area contributed by atoms with Gasteiger partial charge in [0.2, 0.25) is 0 Å². The molecule has 0 aromatic carbocycles. The van der Waals surface area contributed by atoms with Crippen LogP contribution in [0.25, 0.3) is 0 Å². The van der Waals surface area contributed by atoms with Crippen LogP contribution in [0, 0.1) is 0 Å². The summed E-state index contributed by atoms with van der Waals surface area (Å²) >= 11 is 5.99. The van der Waals surface area contributed by atoms with Crippen molar-refractivity contribution in [2.75, 3.05) is 12.4 Å². The molecule has 6 nitrogen and oxygen atoms in total. The molecule has 0 spiro atoms. The minimum absolute atomic E-state index is 0.0512. The molecule has 1 saturated carbocycles. The van der Waals surface area contributed by atoms with Crippen LogP contribution in [0.15, 0.2) is 6.20 Å². The summed E-state index contributed by atoms with van der Waals surface area (Å²) in [5, 5.41) is 12.4. The number of carboxylic acids is 1. The number of aromatic nitrogens is 2. The Bertz CT molecular complexity index is 463. The Morgan fingerprint density at radius 1 is 1.67 bits per heavy atom. The molecule has 1 aliphatic rings. The maximum atomic E-state index is 10.9. The molecular weight excluding hydrogens is 258 g/mol. The van der Waals surface area contributed by atoms with E-state index in [1.807, 2.05) is 0 Å². The fraction of sp³-hybridized carbons (Fsp3) is 0.545. The molecule has 0 saturated heterocycles. The summed E-state index contributed by atoms with van der Waals surface area (Å²) in [5.41, 5.74) is -0.450. The van der Waals surface area contributed by atoms with Crippen molar-refractivity contribution >= 4 is 23.4 Å². The highest BCUT2D eigenvalue weighted by molar-refractivity contribution is 6.32. The predicted octanol–water partition coefficient (Wildman–Crippen LogP) is 1.95. The van der Waals surface area contributed by atoms with E-state index < -0.39 is 11.5 Å². The lowest BCUT2D eigenvalue weighted by Crippen LogP contribution is -2.47. The van der Waals surface area contributed by atoms with Gasteiger partial charge < -0.3 is 15.2 Å². The van der Waals surface area contributed by atoms with E-state index in [-0.39, 0.29) is 12.4 Å². The van der Waals surface area contributed by atoms with E-state index in [9.17, 15) is 4.79 Å². The molecule has 1 aromatic rings. The van der Waals surface area contributed by atoms with E-state index in [0.29, 0.717) is 10.8 Å². The van der Waals surface area contributed by atoms with E-state index in [4.69, 9.17) is 21.4 Å². The van der Waals surface area contributed by atoms with Crippen molar-refractivity contribution in [1.82, 2.24) is 9.97 Å². The fourth-order valence-corrected chi connectivity index (χ4v) is 2.17. The van der Waals surface area contributed by atoms with Gasteiger partial charge in [-0.25, -0.2) is 4.98 Å². The van der Waals surface area contributed by atoms with E-state index >= 15 is 0 Å². The van der Waals surface area contributed by atoms with Crippen molar-refractivity contribution < 1.29 is 14.6 Å². The van der Waals surface area contributed by atoms with E-state index in [0.717, 1.165) is 19.3 Å². The van der Waals surface area contributed by atoms with E-state index in [1.165, 1.54) is 13.3 Å². The van der Waals surface area contributed by atoms with Crippen LogP contribution in [0.5, 0.6) is 6.01 Å². The van der Waals surface area contributed by atoms with Gasteiger partial charge in [-0.2, -0.15) is 4.98 Å². The molecule has 0 atom stereocenters. The molecule has 0 bridgehead atoms. The zero-order valence-electron chi connectivity index (χ0n) is 9.94. The van der Waals surface area contributed by atoms with Crippen molar-refractivity contribution in [3.05, 3.63) is 11.2 Å². The highest BCUT2D eigenvalue weighted by atomic mass is 35.5. The highest BCUT2D eigenvalue weighted by Crippen LogP contribution is 2.39. The third-order valence-electron chi connectivity index (χ3n) is 3.09. The van der Waals surface area contributed by atoms with Crippen molar-refractivity contribution in [3.63, 3.8) is 0 Å². The summed E-state index contributed by atoms with van der Waals surface area (Å²) in [5.74, 6) is -0.413. The standard InChI is InChI=1S/C11H14ClN3O3/c1-18-10-13-6-7(12)9(14-10)15-11(3-2-4-11)5-8(16)17/h6H,2-5H2,1H3,(H,16,17)(H,13,14,15). The molecule has 18 heavy (non-hydrogen) atoms. The summed E-state index contributed by atoms with van der Waals surface area (Å²) in [6.45, 7) is 0. The quantitative estimate of drug-likeness (QED) is 0.851. The minimum atomic E-state index is -0.834. The Balaban J connectivity index is 2.19. The molecule has 7 heteroatoms. The molecule has 0 amide bonds. The molecule has 1 heterocycles. The van der Waals surface area contributed by atoms with E-state index in [1.54, 1.807) is 0 Å². The first kappa shape index (κ1) is 12.9. The summed E-state index contributed by atoms with van der Waals surface area (Å²) in [6.07, 6.45) is 4.07. The van der Waals surface area contributed by atoms with Crippen LogP contribution >= 0.6 is 11.6 Å². The van der Waals surface area contributed by atoms with Crippen LogP contribution in [-0.4, -0.2) is 33.7 Å². The number of hydrogen-bond donors (Lipinski definition) is 2. The second-order valence-electron chi connectivity index (χ2n) is 4.38. The molecule has 0 aliphatic heterocycles. The van der Waals surface area contributed by atoms with Gasteiger partial charge in [0, 0.05) is 5.54 Å². The smallest absolute Gasteiger partial charge is 0.318 e. The van der Waals surface area contributed by atoms with Crippen LogP contribution in [-0.2, 0) is 4.79 Å². The van der Waals surface area contributed by atoms with Gasteiger partial charge in [-0.15, -0.1) is 0 Å². The van der Waals surface area contributed by atoms with Gasteiger partial charge in [0.05, 0.1) is 19.7 Å². The first-order valence-corrected chi connectivity index (χ1v) is 5.99. The molecular formula is C11H14ClN3O3. The molecule has 2 rings (SSSR count). The molecule has 1 aliphatic carbocycles. The first-order valence-electron chi connectivity index (χ1n) is 5.61. The number of aliphatic carboxylic acids is 1. The average Bonchev–Trinajstić information content (AvgIpc) is 2.28. The normalized spacial score (nSPS) is 16.8. The molecule has 98 valence electrons. The fourth-order valence-electron chi connectivity index (χ4n) is 2.03. The second kappa shape index (κ2) is 4.97. The van der Waals surface area contributed by atoms with Gasteiger partial charge >= 0.3 is 12.0 Å². The Kier molecular flexibility index (Phi) is 3.56. The number of nitrogens with one attached hydrogen (secondary N) is 1. The first-order chi connectivity index (χ1) is 8.54. The van der Waals surface area contributed by atoms with Gasteiger partial charge in [-0.1, -0.05) is 11.6 Å². The molecule has 0 radical (unpaired) electrons. The van der Waals surface area contributed by atoms with E-state index in [2.05, 4.69) is 15.3 Å². The number of anilines is 1. The zero-order chi connectivity index (χ0) is 13.2. The number of halogens is 1. The van der Waals surface area contributed by atoms with Gasteiger partial charge in [-0.05, 0) is 19.3 Å². The minimum Gasteiger partial charge on any atom is -0.481 e. The lowest BCUT2D eigenvalue weighted by molar-refractivity contribution is -0.138. The number of ether oxygens (including phenoxy) is 1. The Morgan fingerprint density at radius 2 is 2.39 bits per heavy atom. The lowest BCUT2D eigenvalue weighted by Gasteiger charge is -2.42. The maximum absolute atomic E-state index is 10.9. The number of rotatable bonds is 5. The maximum Gasteiger partial charge on any atom is 0.318 e. The highest BCUT2D eigenvalue weighted by Gasteiger charge is 2.39. The number of carboxylic acid groups (broad SMARTS) is 1. The average molecular weight is 272 g/mol. The number of hydrogen-bond acceptors (Lipinski definition) is 5. The third-order valence-corrected chi connectivity index (χ3v) is 3.37. The molecule has 2 N–H and O–H groups in total. The molecule has 1 fully saturated rings. The second-order valence-corrected chi connectivity index (χ2v) is 4.79. The summed E-state index contributed by atoms with van der Waals surface area (Å²) in [6, 6.07) is 0.201. The van der Waals surface area contributed by atoms with Crippen LogP contribution in [0.2, 0.25) is 5.02 Å². The lowest BCUT2D eigenvalue weighted by atomic mass is 9.74. The van der Waals surface area contributed by atoms with Crippen molar-refractivity contribution in [3.8, 4) is 6.01 Å². The van der Waals surface area contributed by atoms with Crippen LogP contribution in [0.3, 0.4) is 0 Å². The number of carbonyl (C=O) groups is 1. The largest absolute Gasteiger partial charge is 0.481 e. The third kappa shape index (κ3) is 2.64. The van der Waals surface area contributed by atoms with Gasteiger partial charge in [0.1, 0.15) is 5.02 Å². The Morgan fingerprint density at radius 3 is 2.89 bits per heavy atom. The van der Waals surface area contributed by atoms with Crippen LogP contribution in [0.4, 0.5) is 5.82 Å². The predicted molar refractivity (Wildman–Crippen MR) is 66.1 cm³/mol. The Hall–Kier alpha value is -1.56. The Labute approximate surface area is 109 Å². The number of nitrogens with zero attached hydrogens (tertiary/aromatic N) is 2. The topological polar surface area (TPSA) is 84.3 Å². The van der Waals surface area contributed by atoms with Gasteiger partial charge in [0.25, 0.3) is 0 Å². The van der Waals surface area contributed by atoms with Crippen LogP contribution in [0.1, 0.15) is 25.7 Å². The summed E-state index contributed by atoms with van der Waals surface area (Å²) in [7, 11) is 1.46. The summed E-state index contributed by atoms with van der Waals surface area (Å²) < 4.78 is 4.92. The zero-order valence-corrected chi connectivity index (χ0v) is 10.7. The molecule has 0 unspecified atom stereocenters. The molecule has 1 aromatic heterocycles. The monoisotopic (exact) mass is 271 g/mol. The van der Waals surface area contributed by atoms with Crippen molar-refractivity contribution in [1.29, 1.82) is 0 Å². The summed E-state index contributed by atoms with van der Waals surface area (Å²) in [4.78, 5) is 18.8. The van der Waals surface area contributed by atoms with Crippen molar-refractivity contribution in [2.45, 2.75) is 31.2 Å². The van der Waals surface area contributed by atoms with Crippen LogP contribution < -0.4 is 10.1 Å². The van der Waals surface area contributed by atoms with Crippen molar-refractivity contribution in [2.24, 2.45) is 0 Å².